The molecule has 0 radical (unpaired) electrons. The van der Waals surface area contributed by atoms with Gasteiger partial charge in [0.2, 0.25) is 0 Å². The van der Waals surface area contributed by atoms with Gasteiger partial charge in [0.25, 0.3) is 10.0 Å². The van der Waals surface area contributed by atoms with Crippen molar-refractivity contribution in [1.29, 1.82) is 0 Å². The highest BCUT2D eigenvalue weighted by Gasteiger charge is 2.16. The Morgan fingerprint density at radius 2 is 1.88 bits per heavy atom. The van der Waals surface area contributed by atoms with E-state index >= 15 is 0 Å². The first-order chi connectivity index (χ1) is 12.4. The average molecular weight is 373 g/mol. The molecule has 3 aromatic rings. The zero-order valence-electron chi connectivity index (χ0n) is 13.9. The molecule has 0 spiro atoms. The van der Waals surface area contributed by atoms with Gasteiger partial charge in [-0.05, 0) is 59.8 Å². The smallest absolute Gasteiger partial charge is 0.337 e. The molecular weight excluding hydrogens is 358 g/mol. The summed E-state index contributed by atoms with van der Waals surface area (Å²) in [6.07, 6.45) is 0. The maximum atomic E-state index is 12.5. The Labute approximate surface area is 149 Å². The van der Waals surface area contributed by atoms with Crippen molar-refractivity contribution in [2.45, 2.75) is 11.8 Å². The highest BCUT2D eigenvalue weighted by Crippen LogP contribution is 2.19. The zero-order valence-corrected chi connectivity index (χ0v) is 14.8. The number of nitrogens with zero attached hydrogens (tertiary/aromatic N) is 4. The van der Waals surface area contributed by atoms with Gasteiger partial charge in [0, 0.05) is 0 Å². The number of carbonyl (C=O) groups excluding carboxylic acids is 1. The van der Waals surface area contributed by atoms with E-state index in [0.29, 0.717) is 17.2 Å². The summed E-state index contributed by atoms with van der Waals surface area (Å²) in [5, 5.41) is 11.2. The van der Waals surface area contributed by atoms with Crippen LogP contribution in [0.3, 0.4) is 0 Å². The predicted octanol–water partition coefficient (Wildman–Crippen LogP) is 1.56. The molecule has 0 unspecified atom stereocenters. The Morgan fingerprint density at radius 3 is 2.50 bits per heavy atom. The second kappa shape index (κ2) is 6.92. The van der Waals surface area contributed by atoms with Gasteiger partial charge in [-0.15, -0.1) is 5.10 Å². The first-order valence-corrected chi connectivity index (χ1v) is 8.95. The van der Waals surface area contributed by atoms with Crippen molar-refractivity contribution in [2.75, 3.05) is 11.8 Å². The molecule has 0 atom stereocenters. The Balaban J connectivity index is 1.86. The van der Waals surface area contributed by atoms with Crippen LogP contribution in [0.2, 0.25) is 0 Å². The van der Waals surface area contributed by atoms with E-state index in [2.05, 4.69) is 25.0 Å². The fraction of sp³-hybridized carbons (Fsp3) is 0.125. The van der Waals surface area contributed by atoms with E-state index in [-0.39, 0.29) is 10.5 Å². The van der Waals surface area contributed by atoms with E-state index in [0.717, 1.165) is 0 Å². The lowest BCUT2D eigenvalue weighted by Gasteiger charge is -2.10. The number of anilines is 1. The molecule has 0 aliphatic heterocycles. The fourth-order valence-corrected chi connectivity index (χ4v) is 3.32. The number of sulfonamides is 1. The quantitative estimate of drug-likeness (QED) is 0.675. The van der Waals surface area contributed by atoms with Gasteiger partial charge in [-0.25, -0.2) is 13.2 Å². The summed E-state index contributed by atoms with van der Waals surface area (Å²) in [6.45, 7) is 1.74. The van der Waals surface area contributed by atoms with Gasteiger partial charge in [-0.3, -0.25) is 4.72 Å². The number of aryl methyl sites for hydroxylation is 1. The molecule has 134 valence electrons. The SMILES string of the molecule is COC(=O)c1ccc(S(=O)(=O)Nc2cccc(-n3nnnc3C)c2)cc1. The van der Waals surface area contributed by atoms with Crippen LogP contribution in [0.15, 0.2) is 53.4 Å². The van der Waals surface area contributed by atoms with Crippen molar-refractivity contribution in [3.8, 4) is 5.69 Å². The van der Waals surface area contributed by atoms with E-state index < -0.39 is 16.0 Å². The Morgan fingerprint density at radius 1 is 1.15 bits per heavy atom. The van der Waals surface area contributed by atoms with Crippen molar-refractivity contribution in [2.24, 2.45) is 0 Å². The third kappa shape index (κ3) is 3.54. The van der Waals surface area contributed by atoms with Crippen LogP contribution in [0, 0.1) is 6.92 Å². The van der Waals surface area contributed by atoms with Crippen LogP contribution in [0.25, 0.3) is 5.69 Å². The number of hydrogen-bond acceptors (Lipinski definition) is 7. The molecule has 1 heterocycles. The molecule has 26 heavy (non-hydrogen) atoms. The maximum Gasteiger partial charge on any atom is 0.337 e. The van der Waals surface area contributed by atoms with E-state index in [1.165, 1.54) is 36.1 Å². The second-order valence-electron chi connectivity index (χ2n) is 5.31. The Kier molecular flexibility index (Phi) is 4.67. The van der Waals surface area contributed by atoms with E-state index in [1.807, 2.05) is 0 Å². The molecule has 1 aromatic heterocycles. The van der Waals surface area contributed by atoms with Crippen LogP contribution in [0.4, 0.5) is 5.69 Å². The number of ether oxygens (including phenoxy) is 1. The molecule has 3 rings (SSSR count). The number of tetrazole rings is 1. The van der Waals surface area contributed by atoms with Crippen LogP contribution in [-0.4, -0.2) is 41.7 Å². The number of esters is 1. The van der Waals surface area contributed by atoms with Crippen LogP contribution in [0.1, 0.15) is 16.2 Å². The summed E-state index contributed by atoms with van der Waals surface area (Å²) in [5.41, 5.74) is 1.24. The molecule has 0 saturated heterocycles. The van der Waals surface area contributed by atoms with Crippen LogP contribution in [-0.2, 0) is 14.8 Å². The van der Waals surface area contributed by atoms with E-state index in [4.69, 9.17) is 0 Å². The predicted molar refractivity (Wildman–Crippen MR) is 92.5 cm³/mol. The second-order valence-corrected chi connectivity index (χ2v) is 6.99. The highest BCUT2D eigenvalue weighted by atomic mass is 32.2. The Hall–Kier alpha value is -3.27. The van der Waals surface area contributed by atoms with Crippen molar-refractivity contribution in [3.63, 3.8) is 0 Å². The number of rotatable bonds is 5. The van der Waals surface area contributed by atoms with Crippen molar-refractivity contribution in [1.82, 2.24) is 20.2 Å². The standard InChI is InChI=1S/C16H15N5O4S/c1-11-17-19-20-21(11)14-5-3-4-13(10-14)18-26(23,24)15-8-6-12(7-9-15)16(22)25-2/h3-10,18H,1-2H3. The normalized spacial score (nSPS) is 11.2. The molecule has 0 bridgehead atoms. The van der Waals surface area contributed by atoms with Gasteiger partial charge in [-0.1, -0.05) is 6.07 Å². The highest BCUT2D eigenvalue weighted by molar-refractivity contribution is 7.92. The van der Waals surface area contributed by atoms with Crippen molar-refractivity contribution < 1.29 is 17.9 Å². The number of methoxy groups -OCH3 is 1. The fourth-order valence-electron chi connectivity index (χ4n) is 2.27. The molecule has 0 amide bonds. The van der Waals surface area contributed by atoms with Crippen LogP contribution in [0.5, 0.6) is 0 Å². The molecule has 1 N–H and O–H groups in total. The monoisotopic (exact) mass is 373 g/mol. The van der Waals surface area contributed by atoms with Crippen LogP contribution < -0.4 is 4.72 Å². The van der Waals surface area contributed by atoms with Gasteiger partial charge < -0.3 is 4.74 Å². The lowest BCUT2D eigenvalue weighted by Crippen LogP contribution is -2.13. The van der Waals surface area contributed by atoms with Gasteiger partial charge in [0.1, 0.15) is 0 Å². The largest absolute Gasteiger partial charge is 0.465 e. The summed E-state index contributed by atoms with van der Waals surface area (Å²) in [4.78, 5) is 11.5. The summed E-state index contributed by atoms with van der Waals surface area (Å²) in [7, 11) is -2.56. The summed E-state index contributed by atoms with van der Waals surface area (Å²) in [5.74, 6) is 0.0369. The van der Waals surface area contributed by atoms with E-state index in [1.54, 1.807) is 31.2 Å². The molecule has 0 fully saturated rings. The minimum Gasteiger partial charge on any atom is -0.465 e. The summed E-state index contributed by atoms with van der Waals surface area (Å²) < 4.78 is 33.7. The third-order valence-corrected chi connectivity index (χ3v) is 4.95. The molecule has 0 saturated carbocycles. The summed E-state index contributed by atoms with van der Waals surface area (Å²) >= 11 is 0. The maximum absolute atomic E-state index is 12.5. The van der Waals surface area contributed by atoms with Crippen molar-refractivity contribution in [3.05, 3.63) is 59.9 Å². The topological polar surface area (TPSA) is 116 Å². The van der Waals surface area contributed by atoms with Crippen LogP contribution >= 0.6 is 0 Å². The molecule has 0 aliphatic rings. The Bertz CT molecular complexity index is 1040. The lowest BCUT2D eigenvalue weighted by molar-refractivity contribution is 0.0600. The number of nitrogens with one attached hydrogen (secondary N) is 1. The molecular formula is C16H15N5O4S. The van der Waals surface area contributed by atoms with Gasteiger partial charge in [-0.2, -0.15) is 4.68 Å². The number of hydrogen-bond donors (Lipinski definition) is 1. The summed E-state index contributed by atoms with van der Waals surface area (Å²) in [6, 6.07) is 12.1. The van der Waals surface area contributed by atoms with Gasteiger partial charge in [0.15, 0.2) is 5.82 Å². The number of carbonyl (C=O) groups is 1. The average Bonchev–Trinajstić information content (AvgIpc) is 3.07. The first kappa shape index (κ1) is 17.5. The minimum absolute atomic E-state index is 0.0224. The molecule has 9 nitrogen and oxygen atoms in total. The zero-order chi connectivity index (χ0) is 18.7. The van der Waals surface area contributed by atoms with Gasteiger partial charge >= 0.3 is 5.97 Å². The third-order valence-electron chi connectivity index (χ3n) is 3.55. The number of benzene rings is 2. The first-order valence-electron chi connectivity index (χ1n) is 7.47. The molecule has 10 heteroatoms. The lowest BCUT2D eigenvalue weighted by atomic mass is 10.2. The molecule has 0 aliphatic carbocycles. The van der Waals surface area contributed by atoms with E-state index in [9.17, 15) is 13.2 Å². The minimum atomic E-state index is -3.82. The van der Waals surface area contributed by atoms with Crippen molar-refractivity contribution >= 4 is 21.7 Å². The van der Waals surface area contributed by atoms with Gasteiger partial charge in [0.05, 0.1) is 28.9 Å². The molecule has 2 aromatic carbocycles. The number of aromatic nitrogens is 4.